The van der Waals surface area contributed by atoms with Crippen LogP contribution in [-0.4, -0.2) is 46.8 Å². The smallest absolute Gasteiger partial charge is 0.337 e. The van der Waals surface area contributed by atoms with Gasteiger partial charge in [-0.15, -0.1) is 10.2 Å². The van der Waals surface area contributed by atoms with E-state index < -0.39 is 11.5 Å². The SMILES string of the molecule is Cc1ccc2c(c1)c(-c1cncc(C(=O)O)c1)c1n2C[C@](C)(NC(=O)c2ccc(-n3cnnc3)cc2Cl)CC1. The van der Waals surface area contributed by atoms with Gasteiger partial charge in [0.2, 0.25) is 0 Å². The number of fused-ring (bicyclic) bond motifs is 3. The van der Waals surface area contributed by atoms with E-state index in [4.69, 9.17) is 11.6 Å². The number of hydrogen-bond donors (Lipinski definition) is 2. The Morgan fingerprint density at radius 1 is 1.08 bits per heavy atom. The molecule has 0 fully saturated rings. The van der Waals surface area contributed by atoms with Gasteiger partial charge in [-0.1, -0.05) is 23.2 Å². The van der Waals surface area contributed by atoms with Crippen molar-refractivity contribution in [3.05, 3.63) is 94.9 Å². The molecule has 0 saturated heterocycles. The zero-order chi connectivity index (χ0) is 27.3. The summed E-state index contributed by atoms with van der Waals surface area (Å²) in [4.78, 5) is 29.2. The number of carboxylic acids is 1. The van der Waals surface area contributed by atoms with E-state index in [1.165, 1.54) is 6.20 Å². The average Bonchev–Trinajstić information content (AvgIpc) is 3.54. The third-order valence-electron chi connectivity index (χ3n) is 7.35. The molecule has 10 heteroatoms. The lowest BCUT2D eigenvalue weighted by Crippen LogP contribution is -2.51. The molecule has 196 valence electrons. The maximum absolute atomic E-state index is 13.4. The Morgan fingerprint density at radius 2 is 1.87 bits per heavy atom. The normalized spacial score (nSPS) is 16.7. The first-order chi connectivity index (χ1) is 18.7. The highest BCUT2D eigenvalue weighted by atomic mass is 35.5. The number of carbonyl (C=O) groups is 2. The van der Waals surface area contributed by atoms with E-state index in [2.05, 4.69) is 43.3 Å². The molecular weight excluding hydrogens is 516 g/mol. The van der Waals surface area contributed by atoms with Gasteiger partial charge in [0.25, 0.3) is 5.91 Å². The van der Waals surface area contributed by atoms with Crippen LogP contribution in [-0.2, 0) is 13.0 Å². The molecule has 1 atom stereocenters. The highest BCUT2D eigenvalue weighted by Crippen LogP contribution is 2.40. The summed E-state index contributed by atoms with van der Waals surface area (Å²) in [6.45, 7) is 4.63. The van der Waals surface area contributed by atoms with Crippen molar-refractivity contribution >= 4 is 34.4 Å². The Kier molecular flexibility index (Phi) is 5.95. The second-order valence-electron chi connectivity index (χ2n) is 10.2. The molecule has 9 nitrogen and oxygen atoms in total. The second-order valence-corrected chi connectivity index (χ2v) is 10.7. The van der Waals surface area contributed by atoms with Crippen LogP contribution in [0.1, 0.15) is 45.3 Å². The Bertz CT molecular complexity index is 1760. The standard InChI is InChI=1S/C29H25ClN6O3/c1-17-3-6-24-22(9-17)26(18-10-19(28(38)39)13-31-12-18)25-7-8-29(2,14-36(24)25)34-27(37)21-5-4-20(11-23(21)30)35-15-32-33-16-35/h3-6,9-13,15-16H,7-8,14H2,1-2H3,(H,34,37)(H,38,39)/t29-/m1/s1. The van der Waals surface area contributed by atoms with Gasteiger partial charge in [-0.3, -0.25) is 14.3 Å². The van der Waals surface area contributed by atoms with Crippen LogP contribution >= 0.6 is 11.6 Å². The first-order valence-corrected chi connectivity index (χ1v) is 12.9. The number of benzene rings is 2. The lowest BCUT2D eigenvalue weighted by molar-refractivity contribution is 0.0696. The number of halogens is 1. The van der Waals surface area contributed by atoms with E-state index in [1.807, 2.05) is 13.8 Å². The summed E-state index contributed by atoms with van der Waals surface area (Å²) in [6.07, 6.45) is 7.60. The van der Waals surface area contributed by atoms with Crippen molar-refractivity contribution in [3.63, 3.8) is 0 Å². The summed E-state index contributed by atoms with van der Waals surface area (Å²) in [6, 6.07) is 13.2. The summed E-state index contributed by atoms with van der Waals surface area (Å²) >= 11 is 6.52. The van der Waals surface area contributed by atoms with Gasteiger partial charge >= 0.3 is 5.97 Å². The number of hydrogen-bond acceptors (Lipinski definition) is 5. The molecule has 0 radical (unpaired) electrons. The molecule has 2 aromatic carbocycles. The number of nitrogens with one attached hydrogen (secondary N) is 1. The van der Waals surface area contributed by atoms with Gasteiger partial charge in [0.05, 0.1) is 21.7 Å². The molecule has 0 saturated carbocycles. The summed E-state index contributed by atoms with van der Waals surface area (Å²) in [7, 11) is 0. The van der Waals surface area contributed by atoms with Crippen molar-refractivity contribution in [2.24, 2.45) is 0 Å². The van der Waals surface area contributed by atoms with Crippen LogP contribution in [0.2, 0.25) is 5.02 Å². The topological polar surface area (TPSA) is 115 Å². The van der Waals surface area contributed by atoms with Crippen molar-refractivity contribution in [2.45, 2.75) is 38.8 Å². The molecule has 1 aliphatic rings. The zero-order valence-corrected chi connectivity index (χ0v) is 22.1. The average molecular weight is 541 g/mol. The van der Waals surface area contributed by atoms with E-state index in [9.17, 15) is 14.7 Å². The van der Waals surface area contributed by atoms with Gasteiger partial charge in [0.15, 0.2) is 0 Å². The fraction of sp³-hybridized carbons (Fsp3) is 0.207. The van der Waals surface area contributed by atoms with Gasteiger partial charge in [-0.2, -0.15) is 0 Å². The number of aromatic carboxylic acids is 1. The number of aryl methyl sites for hydroxylation is 1. The number of aromatic nitrogens is 5. The van der Waals surface area contributed by atoms with Crippen molar-refractivity contribution in [1.29, 1.82) is 0 Å². The Morgan fingerprint density at radius 3 is 2.62 bits per heavy atom. The summed E-state index contributed by atoms with van der Waals surface area (Å²) in [5, 5.41) is 21.8. The highest BCUT2D eigenvalue weighted by molar-refractivity contribution is 6.34. The monoisotopic (exact) mass is 540 g/mol. The molecule has 1 aliphatic heterocycles. The Labute approximate surface area is 229 Å². The number of carboxylic acid groups (broad SMARTS) is 1. The minimum atomic E-state index is -1.01. The quantitative estimate of drug-likeness (QED) is 0.321. The van der Waals surface area contributed by atoms with Crippen molar-refractivity contribution in [1.82, 2.24) is 29.6 Å². The lowest BCUT2D eigenvalue weighted by atomic mass is 9.88. The third-order valence-corrected chi connectivity index (χ3v) is 7.66. The number of amides is 1. The van der Waals surface area contributed by atoms with Gasteiger partial charge in [0.1, 0.15) is 12.7 Å². The van der Waals surface area contributed by atoms with E-state index in [1.54, 1.807) is 47.7 Å². The fourth-order valence-electron chi connectivity index (χ4n) is 5.43. The predicted octanol–water partition coefficient (Wildman–Crippen LogP) is 5.08. The van der Waals surface area contributed by atoms with Gasteiger partial charge in [0, 0.05) is 52.3 Å². The Balaban J connectivity index is 1.35. The summed E-state index contributed by atoms with van der Waals surface area (Å²) in [5.74, 6) is -1.26. The maximum Gasteiger partial charge on any atom is 0.337 e. The number of pyridine rings is 1. The third kappa shape index (κ3) is 4.44. The van der Waals surface area contributed by atoms with E-state index in [-0.39, 0.29) is 11.5 Å². The molecule has 2 N–H and O–H groups in total. The molecule has 3 aromatic heterocycles. The van der Waals surface area contributed by atoms with Crippen LogP contribution in [0.5, 0.6) is 0 Å². The van der Waals surface area contributed by atoms with Crippen LogP contribution in [0.4, 0.5) is 0 Å². The first kappa shape index (κ1) is 24.8. The molecule has 0 spiro atoms. The number of rotatable bonds is 5. The Hall–Kier alpha value is -4.50. The van der Waals surface area contributed by atoms with E-state index in [0.717, 1.165) is 39.0 Å². The molecule has 0 aliphatic carbocycles. The van der Waals surface area contributed by atoms with Crippen LogP contribution in [0.3, 0.4) is 0 Å². The summed E-state index contributed by atoms with van der Waals surface area (Å²) in [5.41, 5.74) is 5.77. The predicted molar refractivity (Wildman–Crippen MR) is 147 cm³/mol. The minimum absolute atomic E-state index is 0.147. The maximum atomic E-state index is 13.4. The molecule has 6 rings (SSSR count). The molecule has 1 amide bonds. The van der Waals surface area contributed by atoms with Crippen molar-refractivity contribution in [2.75, 3.05) is 0 Å². The van der Waals surface area contributed by atoms with E-state index in [0.29, 0.717) is 30.0 Å². The van der Waals surface area contributed by atoms with Crippen molar-refractivity contribution < 1.29 is 14.7 Å². The molecular formula is C29H25ClN6O3. The lowest BCUT2D eigenvalue weighted by Gasteiger charge is -2.37. The highest BCUT2D eigenvalue weighted by Gasteiger charge is 2.35. The largest absolute Gasteiger partial charge is 0.478 e. The molecule has 0 unspecified atom stereocenters. The van der Waals surface area contributed by atoms with Crippen LogP contribution in [0.25, 0.3) is 27.7 Å². The van der Waals surface area contributed by atoms with Crippen molar-refractivity contribution in [3.8, 4) is 16.8 Å². The van der Waals surface area contributed by atoms with Crippen LogP contribution in [0.15, 0.2) is 67.5 Å². The van der Waals surface area contributed by atoms with Crippen LogP contribution < -0.4 is 5.32 Å². The fourth-order valence-corrected chi connectivity index (χ4v) is 5.69. The van der Waals surface area contributed by atoms with E-state index >= 15 is 0 Å². The zero-order valence-electron chi connectivity index (χ0n) is 21.3. The summed E-state index contributed by atoms with van der Waals surface area (Å²) < 4.78 is 3.95. The molecule has 0 bridgehead atoms. The second kappa shape index (κ2) is 9.36. The van der Waals surface area contributed by atoms with Crippen LogP contribution in [0, 0.1) is 6.92 Å². The van der Waals surface area contributed by atoms with Gasteiger partial charge in [-0.25, -0.2) is 4.79 Å². The molecule has 5 aromatic rings. The molecule has 4 heterocycles. The first-order valence-electron chi connectivity index (χ1n) is 12.5. The van der Waals surface area contributed by atoms with Gasteiger partial charge in [-0.05, 0) is 63.1 Å². The molecule has 39 heavy (non-hydrogen) atoms. The number of nitrogens with zero attached hydrogens (tertiary/aromatic N) is 5. The van der Waals surface area contributed by atoms with Gasteiger partial charge < -0.3 is 15.0 Å². The number of carbonyl (C=O) groups excluding carboxylic acids is 1. The minimum Gasteiger partial charge on any atom is -0.478 e.